The van der Waals surface area contributed by atoms with Crippen LogP contribution in [0.1, 0.15) is 45.0 Å². The Bertz CT molecular complexity index is 820. The summed E-state index contributed by atoms with van der Waals surface area (Å²) in [5, 5.41) is 12.2. The number of thiophene rings is 1. The van der Waals surface area contributed by atoms with Gasteiger partial charge in [-0.15, -0.1) is 11.3 Å². The van der Waals surface area contributed by atoms with Gasteiger partial charge in [0, 0.05) is 5.56 Å². The van der Waals surface area contributed by atoms with Gasteiger partial charge in [-0.1, -0.05) is 0 Å². The van der Waals surface area contributed by atoms with E-state index in [2.05, 4.69) is 5.32 Å². The van der Waals surface area contributed by atoms with Crippen molar-refractivity contribution in [3.05, 3.63) is 51.7 Å². The summed E-state index contributed by atoms with van der Waals surface area (Å²) in [6.45, 7) is 5.08. The van der Waals surface area contributed by atoms with E-state index >= 15 is 0 Å². The lowest BCUT2D eigenvalue weighted by Crippen LogP contribution is -2.11. The summed E-state index contributed by atoms with van der Waals surface area (Å²) in [4.78, 5) is 24.6. The average Bonchev–Trinajstić information content (AvgIpc) is 2.83. The molecule has 0 atom stereocenters. The number of carbonyl (C=O) groups is 2. The molecule has 0 radical (unpaired) electrons. The first-order chi connectivity index (χ1) is 11.3. The molecule has 124 valence electrons. The fourth-order valence-corrected chi connectivity index (χ4v) is 3.01. The molecule has 0 spiro atoms. The number of nitrogens with one attached hydrogen (secondary N) is 1. The largest absolute Gasteiger partial charge is 0.459 e. The van der Waals surface area contributed by atoms with E-state index in [-0.39, 0.29) is 27.1 Å². The van der Waals surface area contributed by atoms with Gasteiger partial charge in [0.25, 0.3) is 5.91 Å². The van der Waals surface area contributed by atoms with Gasteiger partial charge in [0.2, 0.25) is 0 Å². The summed E-state index contributed by atoms with van der Waals surface area (Å²) in [5.41, 5.74) is 0.923. The highest BCUT2D eigenvalue weighted by Gasteiger charge is 2.23. The van der Waals surface area contributed by atoms with Crippen molar-refractivity contribution in [3.63, 3.8) is 0 Å². The Morgan fingerprint density at radius 3 is 2.46 bits per heavy atom. The maximum absolute atomic E-state index is 12.9. The molecule has 0 aliphatic rings. The number of rotatable bonds is 4. The fourth-order valence-electron chi connectivity index (χ4n) is 1.98. The van der Waals surface area contributed by atoms with Crippen LogP contribution in [-0.4, -0.2) is 18.0 Å². The lowest BCUT2D eigenvalue weighted by Gasteiger charge is -2.06. The van der Waals surface area contributed by atoms with Crippen LogP contribution >= 0.6 is 11.3 Å². The molecule has 5 nitrogen and oxygen atoms in total. The van der Waals surface area contributed by atoms with Gasteiger partial charge in [0.05, 0.1) is 11.7 Å². The minimum absolute atomic E-state index is 0.214. The lowest BCUT2D eigenvalue weighted by molar-refractivity contribution is 0.0383. The molecule has 0 saturated carbocycles. The zero-order chi connectivity index (χ0) is 17.9. The highest BCUT2D eigenvalue weighted by atomic mass is 32.1. The normalized spacial score (nSPS) is 10.3. The maximum Gasteiger partial charge on any atom is 0.348 e. The van der Waals surface area contributed by atoms with Crippen LogP contribution in [-0.2, 0) is 4.74 Å². The number of benzene rings is 1. The Labute approximate surface area is 142 Å². The molecule has 0 aliphatic carbocycles. The number of anilines is 1. The Morgan fingerprint density at radius 2 is 1.92 bits per heavy atom. The lowest BCUT2D eigenvalue weighted by atomic mass is 10.1. The van der Waals surface area contributed by atoms with Crippen LogP contribution in [0.25, 0.3) is 0 Å². The number of hydrogen-bond donors (Lipinski definition) is 1. The van der Waals surface area contributed by atoms with Gasteiger partial charge in [0.1, 0.15) is 21.8 Å². The molecule has 1 aromatic heterocycles. The second kappa shape index (κ2) is 7.23. The van der Waals surface area contributed by atoms with E-state index in [1.807, 2.05) is 6.07 Å². The van der Waals surface area contributed by atoms with Gasteiger partial charge in [-0.3, -0.25) is 4.79 Å². The third-order valence-electron chi connectivity index (χ3n) is 3.12. The van der Waals surface area contributed by atoms with E-state index in [0.717, 1.165) is 11.3 Å². The zero-order valence-electron chi connectivity index (χ0n) is 13.3. The molecule has 0 unspecified atom stereocenters. The first-order valence-electron chi connectivity index (χ1n) is 7.14. The smallest absolute Gasteiger partial charge is 0.348 e. The van der Waals surface area contributed by atoms with Gasteiger partial charge in [0.15, 0.2) is 0 Å². The number of nitriles is 1. The standard InChI is InChI=1S/C17H15FN2O3S/c1-9(2)23-17(22)14-10(3)13(8-19)16(24-14)20-15(21)11-4-6-12(18)7-5-11/h4-7,9H,1-3H3,(H,20,21). The van der Waals surface area contributed by atoms with E-state index in [1.54, 1.807) is 20.8 Å². The van der Waals surface area contributed by atoms with E-state index in [4.69, 9.17) is 4.74 Å². The van der Waals surface area contributed by atoms with Crippen LogP contribution < -0.4 is 5.32 Å². The van der Waals surface area contributed by atoms with Crippen molar-refractivity contribution in [1.82, 2.24) is 0 Å². The molecule has 0 fully saturated rings. The molecule has 0 bridgehead atoms. The molecule has 2 aromatic rings. The van der Waals surface area contributed by atoms with Crippen LogP contribution in [0.4, 0.5) is 9.39 Å². The third-order valence-corrected chi connectivity index (χ3v) is 4.31. The number of halogens is 1. The molecular weight excluding hydrogens is 331 g/mol. The highest BCUT2D eigenvalue weighted by Crippen LogP contribution is 2.33. The molecule has 7 heteroatoms. The molecule has 1 N–H and O–H groups in total. The van der Waals surface area contributed by atoms with Gasteiger partial charge >= 0.3 is 5.97 Å². The van der Waals surface area contributed by atoms with Crippen LogP contribution in [0.15, 0.2) is 24.3 Å². The summed E-state index contributed by atoms with van der Waals surface area (Å²) in [7, 11) is 0. The van der Waals surface area contributed by atoms with E-state index in [1.165, 1.54) is 24.3 Å². The third kappa shape index (κ3) is 3.78. The summed E-state index contributed by atoms with van der Waals surface area (Å²) in [6, 6.07) is 7.01. The molecule has 2 rings (SSSR count). The minimum Gasteiger partial charge on any atom is -0.459 e. The van der Waals surface area contributed by atoms with Crippen LogP contribution in [0, 0.1) is 24.1 Å². The molecule has 24 heavy (non-hydrogen) atoms. The predicted octanol–water partition coefficient (Wildman–Crippen LogP) is 3.88. The summed E-state index contributed by atoms with van der Waals surface area (Å²) in [6.07, 6.45) is -0.290. The Hall–Kier alpha value is -2.72. The van der Waals surface area contributed by atoms with Crippen LogP contribution in [0.5, 0.6) is 0 Å². The number of ether oxygens (including phenoxy) is 1. The van der Waals surface area contributed by atoms with Crippen molar-refractivity contribution in [1.29, 1.82) is 5.26 Å². The van der Waals surface area contributed by atoms with Gasteiger partial charge < -0.3 is 10.1 Å². The first kappa shape index (κ1) is 17.6. The second-order valence-corrected chi connectivity index (χ2v) is 6.31. The first-order valence-corrected chi connectivity index (χ1v) is 7.96. The predicted molar refractivity (Wildman–Crippen MR) is 88.7 cm³/mol. The highest BCUT2D eigenvalue weighted by molar-refractivity contribution is 7.18. The minimum atomic E-state index is -0.536. The van der Waals surface area contributed by atoms with Crippen molar-refractivity contribution in [3.8, 4) is 6.07 Å². The monoisotopic (exact) mass is 346 g/mol. The quantitative estimate of drug-likeness (QED) is 0.852. The summed E-state index contributed by atoms with van der Waals surface area (Å²) < 4.78 is 18.1. The molecule has 1 amide bonds. The zero-order valence-corrected chi connectivity index (χ0v) is 14.2. The molecular formula is C17H15FN2O3S. The second-order valence-electron chi connectivity index (χ2n) is 5.29. The van der Waals surface area contributed by atoms with Crippen molar-refractivity contribution < 1.29 is 18.7 Å². The molecule has 1 heterocycles. The van der Waals surface area contributed by atoms with Gasteiger partial charge in [-0.05, 0) is 50.6 Å². The van der Waals surface area contributed by atoms with Gasteiger partial charge in [-0.2, -0.15) is 5.26 Å². The maximum atomic E-state index is 12.9. The number of hydrogen-bond acceptors (Lipinski definition) is 5. The van der Waals surface area contributed by atoms with E-state index in [0.29, 0.717) is 5.56 Å². The molecule has 0 saturated heterocycles. The van der Waals surface area contributed by atoms with Crippen molar-refractivity contribution in [2.24, 2.45) is 0 Å². The number of esters is 1. The Balaban J connectivity index is 2.30. The summed E-state index contributed by atoms with van der Waals surface area (Å²) in [5.74, 6) is -1.47. The number of amides is 1. The van der Waals surface area contributed by atoms with Crippen molar-refractivity contribution >= 4 is 28.2 Å². The van der Waals surface area contributed by atoms with Crippen molar-refractivity contribution in [2.75, 3.05) is 5.32 Å². The fraction of sp³-hybridized carbons (Fsp3) is 0.235. The van der Waals surface area contributed by atoms with Crippen LogP contribution in [0.3, 0.4) is 0 Å². The van der Waals surface area contributed by atoms with Crippen molar-refractivity contribution in [2.45, 2.75) is 26.9 Å². The number of nitrogens with zero attached hydrogens (tertiary/aromatic N) is 1. The number of carbonyl (C=O) groups excluding carboxylic acids is 2. The van der Waals surface area contributed by atoms with Gasteiger partial charge in [-0.25, -0.2) is 9.18 Å². The van der Waals surface area contributed by atoms with Crippen LogP contribution in [0.2, 0.25) is 0 Å². The van der Waals surface area contributed by atoms with E-state index in [9.17, 15) is 19.2 Å². The Kier molecular flexibility index (Phi) is 5.31. The molecule has 1 aromatic carbocycles. The topological polar surface area (TPSA) is 79.2 Å². The Morgan fingerprint density at radius 1 is 1.29 bits per heavy atom. The SMILES string of the molecule is Cc1c(C(=O)OC(C)C)sc(NC(=O)c2ccc(F)cc2)c1C#N. The summed E-state index contributed by atoms with van der Waals surface area (Å²) >= 11 is 0.984. The van der Waals surface area contributed by atoms with E-state index < -0.39 is 17.7 Å². The average molecular weight is 346 g/mol. The molecule has 0 aliphatic heterocycles.